The minimum Gasteiger partial charge on any atom is -0.479 e. The number of hydrogen-bond donors (Lipinski definition) is 0. The van der Waals surface area contributed by atoms with E-state index in [1.165, 1.54) is 4.90 Å². The van der Waals surface area contributed by atoms with E-state index in [4.69, 9.17) is 15.3 Å². The Labute approximate surface area is 178 Å². The summed E-state index contributed by atoms with van der Waals surface area (Å²) in [7, 11) is 1.66. The molecule has 0 saturated carbocycles. The van der Waals surface area contributed by atoms with Crippen molar-refractivity contribution in [2.45, 2.75) is 0 Å². The van der Waals surface area contributed by atoms with Crippen molar-refractivity contribution in [3.63, 3.8) is 0 Å². The minimum absolute atomic E-state index is 0.0150. The Morgan fingerprint density at radius 2 is 1.81 bits per heavy atom. The molecule has 2 aromatic heterocycles. The molecule has 2 heterocycles. The summed E-state index contributed by atoms with van der Waals surface area (Å²) in [5.74, 6) is 0.312. The van der Waals surface area contributed by atoms with Crippen molar-refractivity contribution in [3.05, 3.63) is 78.4 Å². The Bertz CT molecular complexity index is 1330. The van der Waals surface area contributed by atoms with Gasteiger partial charge in [-0.1, -0.05) is 0 Å². The van der Waals surface area contributed by atoms with Crippen molar-refractivity contribution in [2.24, 2.45) is 0 Å². The fourth-order valence-electron chi connectivity index (χ4n) is 3.10. The van der Waals surface area contributed by atoms with Gasteiger partial charge in [-0.2, -0.15) is 10.5 Å². The standard InChI is InChI=1S/C23H16N6O2/c1-28(18-6-2-16(12-25)3-7-18)23(30)20-15-29-21(13-27-22(29)14-26-20)17-4-8-19(9-5-17)31-11-10-24/h2-9,13-15H,11H2,1H3. The van der Waals surface area contributed by atoms with Gasteiger partial charge in [-0.15, -0.1) is 0 Å². The smallest absolute Gasteiger partial charge is 0.278 e. The van der Waals surface area contributed by atoms with Crippen LogP contribution in [0.1, 0.15) is 16.1 Å². The fraction of sp³-hybridized carbons (Fsp3) is 0.0870. The van der Waals surface area contributed by atoms with Crippen LogP contribution in [0, 0.1) is 22.7 Å². The average Bonchev–Trinajstić information content (AvgIpc) is 3.25. The number of amides is 1. The van der Waals surface area contributed by atoms with Gasteiger partial charge in [-0.3, -0.25) is 9.20 Å². The molecule has 1 amide bonds. The maximum atomic E-state index is 13.0. The van der Waals surface area contributed by atoms with Crippen molar-refractivity contribution in [2.75, 3.05) is 18.6 Å². The third-order valence-electron chi connectivity index (χ3n) is 4.76. The number of benzene rings is 2. The van der Waals surface area contributed by atoms with Gasteiger partial charge in [0, 0.05) is 24.5 Å². The molecule has 0 aliphatic heterocycles. The van der Waals surface area contributed by atoms with E-state index in [-0.39, 0.29) is 18.2 Å². The first kappa shape index (κ1) is 19.6. The molecule has 0 N–H and O–H groups in total. The van der Waals surface area contributed by atoms with Gasteiger partial charge in [0.25, 0.3) is 5.91 Å². The van der Waals surface area contributed by atoms with Gasteiger partial charge in [-0.25, -0.2) is 9.97 Å². The molecule has 0 aliphatic rings. The van der Waals surface area contributed by atoms with Crippen molar-refractivity contribution >= 4 is 17.2 Å². The number of carbonyl (C=O) groups excluding carboxylic acids is 1. The number of rotatable bonds is 5. The molecule has 150 valence electrons. The predicted octanol–water partition coefficient (Wildman–Crippen LogP) is 3.45. The van der Waals surface area contributed by atoms with E-state index >= 15 is 0 Å². The van der Waals surface area contributed by atoms with Crippen molar-refractivity contribution in [3.8, 4) is 29.1 Å². The van der Waals surface area contributed by atoms with E-state index in [1.54, 1.807) is 66.4 Å². The first-order valence-electron chi connectivity index (χ1n) is 9.32. The molecule has 0 atom stereocenters. The van der Waals surface area contributed by atoms with E-state index < -0.39 is 0 Å². The van der Waals surface area contributed by atoms with E-state index in [2.05, 4.69) is 16.0 Å². The molecule has 0 spiro atoms. The van der Waals surface area contributed by atoms with Crippen LogP contribution in [0.25, 0.3) is 16.9 Å². The zero-order valence-corrected chi connectivity index (χ0v) is 16.6. The zero-order valence-electron chi connectivity index (χ0n) is 16.6. The lowest BCUT2D eigenvalue weighted by Gasteiger charge is -2.17. The maximum absolute atomic E-state index is 13.0. The summed E-state index contributed by atoms with van der Waals surface area (Å²) in [5, 5.41) is 17.6. The van der Waals surface area contributed by atoms with Gasteiger partial charge in [0.05, 0.1) is 29.7 Å². The summed E-state index contributed by atoms with van der Waals surface area (Å²) in [6.07, 6.45) is 4.91. The quantitative estimate of drug-likeness (QED) is 0.501. The Morgan fingerprint density at radius 3 is 2.48 bits per heavy atom. The van der Waals surface area contributed by atoms with Crippen LogP contribution in [0.3, 0.4) is 0 Å². The van der Waals surface area contributed by atoms with Gasteiger partial charge in [0.2, 0.25) is 0 Å². The number of aromatic nitrogens is 3. The zero-order chi connectivity index (χ0) is 21.8. The van der Waals surface area contributed by atoms with E-state index in [1.807, 2.05) is 18.2 Å². The molecule has 0 unspecified atom stereocenters. The molecule has 8 nitrogen and oxygen atoms in total. The van der Waals surface area contributed by atoms with Crippen LogP contribution in [-0.2, 0) is 0 Å². The fourth-order valence-corrected chi connectivity index (χ4v) is 3.10. The van der Waals surface area contributed by atoms with Gasteiger partial charge < -0.3 is 9.64 Å². The molecule has 0 bridgehead atoms. The van der Waals surface area contributed by atoms with Crippen LogP contribution in [0.2, 0.25) is 0 Å². The van der Waals surface area contributed by atoms with Gasteiger partial charge >= 0.3 is 0 Å². The van der Waals surface area contributed by atoms with Gasteiger partial charge in [0.1, 0.15) is 17.5 Å². The lowest BCUT2D eigenvalue weighted by atomic mass is 10.1. The van der Waals surface area contributed by atoms with Crippen molar-refractivity contribution < 1.29 is 9.53 Å². The number of ether oxygens (including phenoxy) is 1. The summed E-state index contributed by atoms with van der Waals surface area (Å²) >= 11 is 0. The Kier molecular flexibility index (Phi) is 5.29. The van der Waals surface area contributed by atoms with Crippen LogP contribution in [0.15, 0.2) is 67.1 Å². The highest BCUT2D eigenvalue weighted by atomic mass is 16.5. The molecule has 31 heavy (non-hydrogen) atoms. The average molecular weight is 408 g/mol. The molecule has 0 radical (unpaired) electrons. The van der Waals surface area contributed by atoms with Crippen LogP contribution in [0.5, 0.6) is 5.75 Å². The van der Waals surface area contributed by atoms with Crippen LogP contribution >= 0.6 is 0 Å². The normalized spacial score (nSPS) is 10.3. The summed E-state index contributed by atoms with van der Waals surface area (Å²) in [5.41, 5.74) is 3.71. The third-order valence-corrected chi connectivity index (χ3v) is 4.76. The molecule has 2 aromatic carbocycles. The topological polar surface area (TPSA) is 107 Å². The van der Waals surface area contributed by atoms with Crippen LogP contribution < -0.4 is 9.64 Å². The lowest BCUT2D eigenvalue weighted by Crippen LogP contribution is -2.27. The Morgan fingerprint density at radius 1 is 1.06 bits per heavy atom. The van der Waals surface area contributed by atoms with E-state index in [0.29, 0.717) is 22.6 Å². The molecule has 4 rings (SSSR count). The second-order valence-electron chi connectivity index (χ2n) is 6.64. The number of fused-ring (bicyclic) bond motifs is 1. The second-order valence-corrected chi connectivity index (χ2v) is 6.64. The molecular weight excluding hydrogens is 392 g/mol. The summed E-state index contributed by atoms with van der Waals surface area (Å²) < 4.78 is 7.09. The number of anilines is 1. The summed E-state index contributed by atoms with van der Waals surface area (Å²) in [4.78, 5) is 23.1. The SMILES string of the molecule is CN(C(=O)c1cn2c(-c3ccc(OCC#N)cc3)cnc2cn1)c1ccc(C#N)cc1. The molecular formula is C23H16N6O2. The summed E-state index contributed by atoms with van der Waals surface area (Å²) in [6.45, 7) is -0.0150. The number of hydrogen-bond acceptors (Lipinski definition) is 6. The monoisotopic (exact) mass is 408 g/mol. The van der Waals surface area contributed by atoms with E-state index in [0.717, 1.165) is 11.3 Å². The highest BCUT2D eigenvalue weighted by molar-refractivity contribution is 6.04. The first-order chi connectivity index (χ1) is 15.1. The second kappa shape index (κ2) is 8.36. The molecule has 8 heteroatoms. The number of carbonyl (C=O) groups is 1. The minimum atomic E-state index is -0.286. The third kappa shape index (κ3) is 3.91. The lowest BCUT2D eigenvalue weighted by molar-refractivity contribution is 0.0988. The van der Waals surface area contributed by atoms with Gasteiger partial charge in [-0.05, 0) is 48.5 Å². The predicted molar refractivity (Wildman–Crippen MR) is 113 cm³/mol. The van der Waals surface area contributed by atoms with Gasteiger partial charge in [0.15, 0.2) is 12.3 Å². The highest BCUT2D eigenvalue weighted by Crippen LogP contribution is 2.24. The van der Waals surface area contributed by atoms with Crippen LogP contribution in [0.4, 0.5) is 5.69 Å². The van der Waals surface area contributed by atoms with Crippen molar-refractivity contribution in [1.29, 1.82) is 10.5 Å². The number of nitrogens with zero attached hydrogens (tertiary/aromatic N) is 6. The first-order valence-corrected chi connectivity index (χ1v) is 9.32. The number of imidazole rings is 1. The number of nitriles is 2. The Hall–Kier alpha value is -4.69. The maximum Gasteiger partial charge on any atom is 0.278 e. The van der Waals surface area contributed by atoms with Crippen LogP contribution in [-0.4, -0.2) is 33.9 Å². The molecule has 0 saturated heterocycles. The molecule has 0 aliphatic carbocycles. The van der Waals surface area contributed by atoms with E-state index in [9.17, 15) is 4.79 Å². The highest BCUT2D eigenvalue weighted by Gasteiger charge is 2.17. The molecule has 0 fully saturated rings. The molecule has 4 aromatic rings. The summed E-state index contributed by atoms with van der Waals surface area (Å²) in [6, 6.07) is 18.0. The Balaban J connectivity index is 1.64. The van der Waals surface area contributed by atoms with Crippen molar-refractivity contribution in [1.82, 2.24) is 14.4 Å². The largest absolute Gasteiger partial charge is 0.479 e.